The number of nitrogens with one attached hydrogen (secondary N) is 1. The molecule has 0 aliphatic rings. The number of hydrogen-bond donors (Lipinski definition) is 2. The van der Waals surface area contributed by atoms with Crippen LogP contribution in [-0.2, 0) is 11.2 Å². The molecule has 0 aliphatic heterocycles. The molecule has 0 unspecified atom stereocenters. The lowest BCUT2D eigenvalue weighted by Gasteiger charge is -2.03. The molecule has 0 atom stereocenters. The van der Waals surface area contributed by atoms with Crippen molar-refractivity contribution in [3.05, 3.63) is 29.8 Å². The first-order valence-corrected chi connectivity index (χ1v) is 7.51. The minimum Gasteiger partial charge on any atom is -0.481 e. The number of aromatic nitrogens is 2. The Morgan fingerprint density at radius 3 is 3.05 bits per heavy atom. The Kier molecular flexibility index (Phi) is 4.75. The zero-order valence-electron chi connectivity index (χ0n) is 10.3. The topological polar surface area (TPSA) is 75.1 Å². The summed E-state index contributed by atoms with van der Waals surface area (Å²) >= 11 is 2.52. The number of carbonyl (C=O) groups is 1. The van der Waals surface area contributed by atoms with Gasteiger partial charge in [0, 0.05) is 5.69 Å². The van der Waals surface area contributed by atoms with Gasteiger partial charge in [-0.05, 0) is 24.1 Å². The molecule has 0 amide bonds. The molecule has 2 rings (SSSR count). The van der Waals surface area contributed by atoms with Crippen LogP contribution in [0.3, 0.4) is 0 Å². The third-order valence-electron chi connectivity index (χ3n) is 2.31. The molecule has 0 spiro atoms. The molecular weight excluding hydrogens is 282 g/mol. The molecule has 0 bridgehead atoms. The molecule has 0 saturated carbocycles. The van der Waals surface area contributed by atoms with Gasteiger partial charge in [-0.3, -0.25) is 4.79 Å². The minimum atomic E-state index is -0.856. The highest BCUT2D eigenvalue weighted by molar-refractivity contribution is 8.01. The van der Waals surface area contributed by atoms with Gasteiger partial charge in [-0.15, -0.1) is 10.2 Å². The second-order valence-corrected chi connectivity index (χ2v) is 5.93. The number of aryl methyl sites for hydroxylation is 1. The Labute approximate surface area is 119 Å². The average molecular weight is 295 g/mol. The van der Waals surface area contributed by atoms with Crippen LogP contribution < -0.4 is 5.32 Å². The van der Waals surface area contributed by atoms with Crippen molar-refractivity contribution in [3.8, 4) is 0 Å². The fourth-order valence-corrected chi connectivity index (χ4v) is 2.93. The van der Waals surface area contributed by atoms with Crippen LogP contribution >= 0.6 is 23.1 Å². The Morgan fingerprint density at radius 1 is 1.47 bits per heavy atom. The predicted octanol–water partition coefficient (Wildman–Crippen LogP) is 3.02. The average Bonchev–Trinajstić information content (AvgIpc) is 2.84. The Hall–Kier alpha value is -1.60. The molecule has 100 valence electrons. The first kappa shape index (κ1) is 13.8. The number of carboxylic acids is 1. The van der Waals surface area contributed by atoms with E-state index < -0.39 is 5.97 Å². The SMILES string of the molecule is CCc1cccc(Nc2nnc(SCC(=O)O)s2)c1. The zero-order valence-corrected chi connectivity index (χ0v) is 11.9. The normalized spacial score (nSPS) is 10.4. The van der Waals surface area contributed by atoms with Crippen LogP contribution in [0.4, 0.5) is 10.8 Å². The summed E-state index contributed by atoms with van der Waals surface area (Å²) in [7, 11) is 0. The first-order valence-electron chi connectivity index (χ1n) is 5.71. The van der Waals surface area contributed by atoms with E-state index in [0.29, 0.717) is 9.47 Å². The van der Waals surface area contributed by atoms with E-state index >= 15 is 0 Å². The van der Waals surface area contributed by atoms with Crippen LogP contribution in [0.2, 0.25) is 0 Å². The molecule has 0 radical (unpaired) electrons. The van der Waals surface area contributed by atoms with Crippen molar-refractivity contribution in [2.45, 2.75) is 17.7 Å². The predicted molar refractivity (Wildman–Crippen MR) is 77.4 cm³/mol. The summed E-state index contributed by atoms with van der Waals surface area (Å²) in [6, 6.07) is 8.08. The smallest absolute Gasteiger partial charge is 0.313 e. The van der Waals surface area contributed by atoms with Crippen molar-refractivity contribution >= 4 is 39.9 Å². The molecule has 7 heteroatoms. The molecule has 2 aromatic rings. The van der Waals surface area contributed by atoms with E-state index in [9.17, 15) is 4.79 Å². The molecule has 5 nitrogen and oxygen atoms in total. The number of rotatable bonds is 6. The summed E-state index contributed by atoms with van der Waals surface area (Å²) in [5.74, 6) is -0.856. The number of aliphatic carboxylic acids is 1. The maximum atomic E-state index is 10.5. The van der Waals surface area contributed by atoms with Crippen molar-refractivity contribution in [1.29, 1.82) is 0 Å². The quantitative estimate of drug-likeness (QED) is 0.798. The van der Waals surface area contributed by atoms with Crippen LogP contribution in [-0.4, -0.2) is 27.0 Å². The Balaban J connectivity index is 2.00. The molecule has 1 heterocycles. The highest BCUT2D eigenvalue weighted by Gasteiger charge is 2.07. The van der Waals surface area contributed by atoms with Crippen LogP contribution in [0.25, 0.3) is 0 Å². The zero-order chi connectivity index (χ0) is 13.7. The van der Waals surface area contributed by atoms with Crippen LogP contribution in [0.15, 0.2) is 28.6 Å². The molecule has 0 fully saturated rings. The standard InChI is InChI=1S/C12H13N3O2S2/c1-2-8-4-3-5-9(6-8)13-11-14-15-12(19-11)18-7-10(16)17/h3-6H,2,7H2,1H3,(H,13,14)(H,16,17). The van der Waals surface area contributed by atoms with Gasteiger partial charge in [-0.1, -0.05) is 42.2 Å². The molecule has 2 N–H and O–H groups in total. The van der Waals surface area contributed by atoms with E-state index in [0.717, 1.165) is 12.1 Å². The number of hydrogen-bond acceptors (Lipinski definition) is 6. The second-order valence-electron chi connectivity index (χ2n) is 3.73. The number of benzene rings is 1. The fraction of sp³-hybridized carbons (Fsp3) is 0.250. The lowest BCUT2D eigenvalue weighted by Crippen LogP contribution is -1.96. The molecule has 1 aromatic heterocycles. The van der Waals surface area contributed by atoms with Gasteiger partial charge < -0.3 is 10.4 Å². The third-order valence-corrected chi connectivity index (χ3v) is 4.27. The monoisotopic (exact) mass is 295 g/mol. The van der Waals surface area contributed by atoms with Crippen molar-refractivity contribution < 1.29 is 9.90 Å². The van der Waals surface area contributed by atoms with Gasteiger partial charge in [0.25, 0.3) is 0 Å². The van der Waals surface area contributed by atoms with Crippen molar-refractivity contribution in [3.63, 3.8) is 0 Å². The van der Waals surface area contributed by atoms with E-state index in [4.69, 9.17) is 5.11 Å². The molecule has 19 heavy (non-hydrogen) atoms. The van der Waals surface area contributed by atoms with E-state index in [2.05, 4.69) is 34.6 Å². The molecule has 1 aromatic carbocycles. The van der Waals surface area contributed by atoms with E-state index in [-0.39, 0.29) is 5.75 Å². The summed E-state index contributed by atoms with van der Waals surface area (Å²) in [6.07, 6.45) is 0.978. The summed E-state index contributed by atoms with van der Waals surface area (Å²) < 4.78 is 0.650. The highest BCUT2D eigenvalue weighted by Crippen LogP contribution is 2.27. The van der Waals surface area contributed by atoms with Crippen LogP contribution in [0, 0.1) is 0 Å². The maximum absolute atomic E-state index is 10.5. The summed E-state index contributed by atoms with van der Waals surface area (Å²) in [4.78, 5) is 10.5. The third kappa shape index (κ3) is 4.22. The lowest BCUT2D eigenvalue weighted by molar-refractivity contribution is -0.133. The van der Waals surface area contributed by atoms with Gasteiger partial charge in [-0.2, -0.15) is 0 Å². The van der Waals surface area contributed by atoms with Crippen molar-refractivity contribution in [2.24, 2.45) is 0 Å². The van der Waals surface area contributed by atoms with Gasteiger partial charge in [0.05, 0.1) is 5.75 Å². The van der Waals surface area contributed by atoms with E-state index in [1.165, 1.54) is 28.7 Å². The maximum Gasteiger partial charge on any atom is 0.313 e. The summed E-state index contributed by atoms with van der Waals surface area (Å²) in [5.41, 5.74) is 2.21. The van der Waals surface area contributed by atoms with Crippen LogP contribution in [0.1, 0.15) is 12.5 Å². The van der Waals surface area contributed by atoms with Gasteiger partial charge in [-0.25, -0.2) is 0 Å². The van der Waals surface area contributed by atoms with Gasteiger partial charge in [0.15, 0.2) is 4.34 Å². The Bertz CT molecular complexity index is 572. The summed E-state index contributed by atoms with van der Waals surface area (Å²) in [5, 5.41) is 20.4. The van der Waals surface area contributed by atoms with Gasteiger partial charge in [0.2, 0.25) is 5.13 Å². The van der Waals surface area contributed by atoms with E-state index in [1.54, 1.807) is 0 Å². The van der Waals surface area contributed by atoms with Gasteiger partial charge in [0.1, 0.15) is 0 Å². The molecular formula is C12H13N3O2S2. The van der Waals surface area contributed by atoms with Crippen LogP contribution in [0.5, 0.6) is 0 Å². The lowest BCUT2D eigenvalue weighted by atomic mass is 10.1. The van der Waals surface area contributed by atoms with E-state index in [1.807, 2.05) is 12.1 Å². The number of nitrogens with zero attached hydrogens (tertiary/aromatic N) is 2. The number of thioether (sulfide) groups is 1. The fourth-order valence-electron chi connectivity index (χ4n) is 1.43. The first-order chi connectivity index (χ1) is 9.17. The summed E-state index contributed by atoms with van der Waals surface area (Å²) in [6.45, 7) is 2.10. The van der Waals surface area contributed by atoms with Crippen molar-refractivity contribution in [1.82, 2.24) is 10.2 Å². The van der Waals surface area contributed by atoms with Gasteiger partial charge >= 0.3 is 5.97 Å². The number of anilines is 2. The largest absolute Gasteiger partial charge is 0.481 e. The molecule has 0 saturated heterocycles. The second kappa shape index (κ2) is 6.53. The molecule has 0 aliphatic carbocycles. The highest BCUT2D eigenvalue weighted by atomic mass is 32.2. The minimum absolute atomic E-state index is 0.0000465. The number of carboxylic acid groups (broad SMARTS) is 1. The van der Waals surface area contributed by atoms with Crippen molar-refractivity contribution in [2.75, 3.05) is 11.1 Å². The Morgan fingerprint density at radius 2 is 2.32 bits per heavy atom.